The Morgan fingerprint density at radius 1 is 1.12 bits per heavy atom. The molecule has 0 saturated carbocycles. The Labute approximate surface area is 157 Å². The van der Waals surface area contributed by atoms with Crippen LogP contribution < -0.4 is 10.2 Å². The lowest BCUT2D eigenvalue weighted by Gasteiger charge is -2.19. The van der Waals surface area contributed by atoms with Gasteiger partial charge in [0.1, 0.15) is 0 Å². The van der Waals surface area contributed by atoms with Crippen molar-refractivity contribution < 1.29 is 0 Å². The first-order chi connectivity index (χ1) is 12.7. The number of hydrogen-bond acceptors (Lipinski definition) is 4. The Kier molecular flexibility index (Phi) is 6.65. The fourth-order valence-corrected chi connectivity index (χ4v) is 3.46. The number of benzene rings is 2. The first kappa shape index (κ1) is 18.4. The molecule has 1 fully saturated rings. The minimum atomic E-state index is 0.557. The van der Waals surface area contributed by atoms with E-state index in [1.807, 2.05) is 7.05 Å². The Hall–Kier alpha value is -2.35. The summed E-state index contributed by atoms with van der Waals surface area (Å²) in [6.07, 6.45) is 1.77. The summed E-state index contributed by atoms with van der Waals surface area (Å²) in [6.45, 7) is 5.00. The molecular weight excluding hydrogens is 320 g/mol. The van der Waals surface area contributed by atoms with E-state index in [9.17, 15) is 0 Å². The molecule has 4 nitrogen and oxygen atoms in total. The first-order valence-electron chi connectivity index (χ1n) is 9.41. The van der Waals surface area contributed by atoms with E-state index in [-0.39, 0.29) is 0 Å². The zero-order valence-electron chi connectivity index (χ0n) is 15.6. The summed E-state index contributed by atoms with van der Waals surface area (Å²) >= 11 is 0. The van der Waals surface area contributed by atoms with Crippen LogP contribution in [0, 0.1) is 11.3 Å². The molecule has 2 aromatic rings. The summed E-state index contributed by atoms with van der Waals surface area (Å²) in [4.78, 5) is 4.65. The van der Waals surface area contributed by atoms with Crippen molar-refractivity contribution in [1.82, 2.24) is 10.2 Å². The molecule has 1 aliphatic heterocycles. The van der Waals surface area contributed by atoms with Gasteiger partial charge in [-0.3, -0.25) is 4.90 Å². The fraction of sp³-hybridized carbons (Fsp3) is 0.409. The lowest BCUT2D eigenvalue weighted by Crippen LogP contribution is -2.32. The monoisotopic (exact) mass is 348 g/mol. The number of hydrogen-bond donors (Lipinski definition) is 1. The molecule has 1 saturated heterocycles. The molecule has 1 aliphatic rings. The van der Waals surface area contributed by atoms with E-state index in [0.717, 1.165) is 32.7 Å². The van der Waals surface area contributed by atoms with Crippen molar-refractivity contribution in [2.24, 2.45) is 0 Å². The van der Waals surface area contributed by atoms with Crippen LogP contribution in [-0.2, 0) is 13.1 Å². The molecule has 0 bridgehead atoms. The van der Waals surface area contributed by atoms with Gasteiger partial charge in [-0.05, 0) is 29.7 Å². The van der Waals surface area contributed by atoms with Gasteiger partial charge < -0.3 is 10.2 Å². The molecule has 1 unspecified atom stereocenters. The largest absolute Gasteiger partial charge is 0.374 e. The van der Waals surface area contributed by atoms with Crippen molar-refractivity contribution in [3.05, 3.63) is 65.7 Å². The van der Waals surface area contributed by atoms with Crippen LogP contribution in [0.15, 0.2) is 54.6 Å². The highest BCUT2D eigenvalue weighted by Gasteiger charge is 2.21. The molecule has 4 heteroatoms. The third-order valence-electron chi connectivity index (χ3n) is 5.05. The predicted molar refractivity (Wildman–Crippen MR) is 107 cm³/mol. The lowest BCUT2D eigenvalue weighted by molar-refractivity contribution is 0.320. The predicted octanol–water partition coefficient (Wildman–Crippen LogP) is 3.40. The number of rotatable bonds is 8. The highest BCUT2D eigenvalue weighted by Crippen LogP contribution is 2.16. The van der Waals surface area contributed by atoms with Gasteiger partial charge in [-0.2, -0.15) is 5.26 Å². The molecule has 0 spiro atoms. The second kappa shape index (κ2) is 9.38. The molecular formula is C22H28N4. The zero-order valence-corrected chi connectivity index (χ0v) is 15.6. The van der Waals surface area contributed by atoms with Crippen LogP contribution in [0.25, 0.3) is 0 Å². The van der Waals surface area contributed by atoms with Crippen LogP contribution in [0.5, 0.6) is 0 Å². The van der Waals surface area contributed by atoms with Crippen molar-refractivity contribution in [2.75, 3.05) is 31.6 Å². The maximum atomic E-state index is 8.69. The van der Waals surface area contributed by atoms with Crippen LogP contribution in [0.3, 0.4) is 0 Å². The third kappa shape index (κ3) is 5.32. The summed E-state index contributed by atoms with van der Waals surface area (Å²) in [5, 5.41) is 12.4. The average molecular weight is 348 g/mol. The van der Waals surface area contributed by atoms with Gasteiger partial charge in [0.05, 0.1) is 12.5 Å². The Bertz CT molecular complexity index is 705. The molecule has 1 heterocycles. The normalized spacial score (nSPS) is 17.2. The highest BCUT2D eigenvalue weighted by molar-refractivity contribution is 5.46. The van der Waals surface area contributed by atoms with Crippen LogP contribution >= 0.6 is 0 Å². The smallest absolute Gasteiger partial charge is 0.0640 e. The first-order valence-corrected chi connectivity index (χ1v) is 9.41. The number of nitrogens with zero attached hydrogens (tertiary/aromatic N) is 3. The molecule has 3 rings (SSSR count). The van der Waals surface area contributed by atoms with E-state index in [4.69, 9.17) is 5.26 Å². The molecule has 1 N–H and O–H groups in total. The summed E-state index contributed by atoms with van der Waals surface area (Å²) in [5.74, 6) is 0. The van der Waals surface area contributed by atoms with Crippen molar-refractivity contribution in [3.8, 4) is 6.07 Å². The molecule has 136 valence electrons. The molecule has 0 aromatic heterocycles. The van der Waals surface area contributed by atoms with Gasteiger partial charge in [0.25, 0.3) is 0 Å². The zero-order chi connectivity index (χ0) is 18.2. The summed E-state index contributed by atoms with van der Waals surface area (Å²) in [5.41, 5.74) is 3.87. The number of likely N-dealkylation sites (tertiary alicyclic amines) is 1. The topological polar surface area (TPSA) is 42.3 Å². The molecule has 0 amide bonds. The number of nitriles is 1. The third-order valence-corrected chi connectivity index (χ3v) is 5.05. The van der Waals surface area contributed by atoms with Crippen LogP contribution in [0.1, 0.15) is 24.0 Å². The van der Waals surface area contributed by atoms with Crippen LogP contribution in [-0.4, -0.2) is 37.6 Å². The SMILES string of the molecule is CN(CCC#N)c1ccc(CNC2CCN(Cc3ccccc3)C2)cc1. The minimum Gasteiger partial charge on any atom is -0.374 e. The highest BCUT2D eigenvalue weighted by atomic mass is 15.2. The number of nitrogens with one attached hydrogen (secondary N) is 1. The van der Waals surface area contributed by atoms with E-state index in [0.29, 0.717) is 12.5 Å². The van der Waals surface area contributed by atoms with Crippen LogP contribution in [0.4, 0.5) is 5.69 Å². The fourth-order valence-electron chi connectivity index (χ4n) is 3.46. The van der Waals surface area contributed by atoms with E-state index in [1.165, 1.54) is 23.2 Å². The van der Waals surface area contributed by atoms with E-state index in [2.05, 4.69) is 75.8 Å². The van der Waals surface area contributed by atoms with E-state index < -0.39 is 0 Å². The lowest BCUT2D eigenvalue weighted by atomic mass is 10.1. The Balaban J connectivity index is 1.42. The van der Waals surface area contributed by atoms with Crippen molar-refractivity contribution >= 4 is 5.69 Å². The van der Waals surface area contributed by atoms with Gasteiger partial charge in [-0.1, -0.05) is 42.5 Å². The molecule has 26 heavy (non-hydrogen) atoms. The van der Waals surface area contributed by atoms with Crippen LogP contribution in [0.2, 0.25) is 0 Å². The second-order valence-electron chi connectivity index (χ2n) is 7.08. The van der Waals surface area contributed by atoms with Gasteiger partial charge in [0.2, 0.25) is 0 Å². The minimum absolute atomic E-state index is 0.557. The molecule has 1 atom stereocenters. The summed E-state index contributed by atoms with van der Waals surface area (Å²) in [7, 11) is 2.03. The average Bonchev–Trinajstić information content (AvgIpc) is 3.13. The quantitative estimate of drug-likeness (QED) is 0.794. The van der Waals surface area contributed by atoms with Gasteiger partial charge >= 0.3 is 0 Å². The van der Waals surface area contributed by atoms with Gasteiger partial charge in [0, 0.05) is 51.5 Å². The second-order valence-corrected chi connectivity index (χ2v) is 7.08. The summed E-state index contributed by atoms with van der Waals surface area (Å²) in [6, 6.07) is 22.1. The molecule has 2 aromatic carbocycles. The molecule has 0 radical (unpaired) electrons. The number of anilines is 1. The van der Waals surface area contributed by atoms with Crippen molar-refractivity contribution in [2.45, 2.75) is 32.0 Å². The standard InChI is InChI=1S/C22H28N4/c1-25(14-5-13-23)22-10-8-19(9-11-22)16-24-21-12-15-26(18-21)17-20-6-3-2-4-7-20/h2-4,6-11,21,24H,5,12,14-18H2,1H3. The maximum absolute atomic E-state index is 8.69. The Morgan fingerprint density at radius 3 is 2.62 bits per heavy atom. The Morgan fingerprint density at radius 2 is 1.88 bits per heavy atom. The van der Waals surface area contributed by atoms with Crippen molar-refractivity contribution in [3.63, 3.8) is 0 Å². The van der Waals surface area contributed by atoms with Crippen molar-refractivity contribution in [1.29, 1.82) is 5.26 Å². The molecule has 0 aliphatic carbocycles. The maximum Gasteiger partial charge on any atom is 0.0640 e. The van der Waals surface area contributed by atoms with Gasteiger partial charge in [-0.25, -0.2) is 0 Å². The van der Waals surface area contributed by atoms with E-state index in [1.54, 1.807) is 0 Å². The van der Waals surface area contributed by atoms with Gasteiger partial charge in [-0.15, -0.1) is 0 Å². The van der Waals surface area contributed by atoms with E-state index >= 15 is 0 Å². The summed E-state index contributed by atoms with van der Waals surface area (Å²) < 4.78 is 0. The van der Waals surface area contributed by atoms with Gasteiger partial charge in [0.15, 0.2) is 0 Å².